The lowest BCUT2D eigenvalue weighted by Crippen LogP contribution is -2.22. The lowest BCUT2D eigenvalue weighted by atomic mass is 10.1. The van der Waals surface area contributed by atoms with E-state index < -0.39 is 6.03 Å². The van der Waals surface area contributed by atoms with Crippen molar-refractivity contribution in [1.29, 1.82) is 0 Å². The molecule has 0 aromatic heterocycles. The summed E-state index contributed by atoms with van der Waals surface area (Å²) < 4.78 is 0. The van der Waals surface area contributed by atoms with Crippen LogP contribution >= 0.6 is 0 Å². The van der Waals surface area contributed by atoms with Gasteiger partial charge in [-0.3, -0.25) is 4.79 Å². The van der Waals surface area contributed by atoms with Crippen molar-refractivity contribution in [3.8, 4) is 0 Å². The van der Waals surface area contributed by atoms with Gasteiger partial charge in [-0.2, -0.15) is 0 Å². The maximum absolute atomic E-state index is 13.1. The highest BCUT2D eigenvalue weighted by Gasteiger charge is 2.15. The first-order chi connectivity index (χ1) is 16.2. The summed E-state index contributed by atoms with van der Waals surface area (Å²) in [5.74, 6) is -0.299. The van der Waals surface area contributed by atoms with Crippen LogP contribution in [0.15, 0.2) is 109 Å². The van der Waals surface area contributed by atoms with Gasteiger partial charge in [0.15, 0.2) is 0 Å². The maximum atomic E-state index is 13.1. The SMILES string of the molecule is O=C(Nc1ccccc1C(=O)Nc1cccc2ccccc12)Nc1cccc2ccccc12. The van der Waals surface area contributed by atoms with Crippen LogP contribution in [-0.4, -0.2) is 11.9 Å². The largest absolute Gasteiger partial charge is 0.323 e. The third kappa shape index (κ3) is 4.25. The molecule has 0 aliphatic carbocycles. The molecule has 3 amide bonds. The van der Waals surface area contributed by atoms with Gasteiger partial charge in [0.2, 0.25) is 0 Å². The Balaban J connectivity index is 1.37. The number of hydrogen-bond acceptors (Lipinski definition) is 2. The fourth-order valence-corrected chi connectivity index (χ4v) is 3.92. The molecule has 0 unspecified atom stereocenters. The minimum absolute atomic E-state index is 0.299. The molecule has 5 nitrogen and oxygen atoms in total. The zero-order valence-electron chi connectivity index (χ0n) is 17.7. The van der Waals surface area contributed by atoms with Crippen LogP contribution in [0.5, 0.6) is 0 Å². The quantitative estimate of drug-likeness (QED) is 0.290. The topological polar surface area (TPSA) is 70.2 Å². The number of para-hydroxylation sites is 1. The zero-order valence-corrected chi connectivity index (χ0v) is 17.7. The van der Waals surface area contributed by atoms with Crippen molar-refractivity contribution in [3.63, 3.8) is 0 Å². The number of nitrogens with one attached hydrogen (secondary N) is 3. The Labute approximate surface area is 191 Å². The number of urea groups is 1. The summed E-state index contributed by atoms with van der Waals surface area (Å²) in [5.41, 5.74) is 2.21. The first-order valence-corrected chi connectivity index (χ1v) is 10.6. The molecule has 0 saturated carbocycles. The highest BCUT2D eigenvalue weighted by atomic mass is 16.2. The van der Waals surface area contributed by atoms with E-state index in [1.54, 1.807) is 24.3 Å². The second-order valence-electron chi connectivity index (χ2n) is 7.63. The van der Waals surface area contributed by atoms with Crippen molar-refractivity contribution in [1.82, 2.24) is 0 Å². The van der Waals surface area contributed by atoms with Crippen molar-refractivity contribution >= 4 is 50.5 Å². The average molecular weight is 431 g/mol. The van der Waals surface area contributed by atoms with E-state index in [9.17, 15) is 9.59 Å². The van der Waals surface area contributed by atoms with E-state index in [0.29, 0.717) is 22.6 Å². The Bertz CT molecular complexity index is 1480. The van der Waals surface area contributed by atoms with Gasteiger partial charge in [0.1, 0.15) is 0 Å². The first kappa shape index (κ1) is 20.3. The molecule has 0 fully saturated rings. The number of carbonyl (C=O) groups excluding carboxylic acids is 2. The van der Waals surface area contributed by atoms with Crippen molar-refractivity contribution in [2.24, 2.45) is 0 Å². The summed E-state index contributed by atoms with van der Waals surface area (Å²) in [6.07, 6.45) is 0. The molecular formula is C28H21N3O2. The molecule has 0 saturated heterocycles. The molecule has 0 spiro atoms. The van der Waals surface area contributed by atoms with E-state index in [0.717, 1.165) is 21.5 Å². The minimum Gasteiger partial charge on any atom is -0.321 e. The summed E-state index contributed by atoms with van der Waals surface area (Å²) in [4.78, 5) is 25.9. The average Bonchev–Trinajstić information content (AvgIpc) is 2.85. The first-order valence-electron chi connectivity index (χ1n) is 10.6. The van der Waals surface area contributed by atoms with Crippen LogP contribution in [0.25, 0.3) is 21.5 Å². The van der Waals surface area contributed by atoms with Gasteiger partial charge in [0, 0.05) is 16.5 Å². The predicted octanol–water partition coefficient (Wildman–Crippen LogP) is 6.89. The van der Waals surface area contributed by atoms with Crippen LogP contribution < -0.4 is 16.0 Å². The molecule has 0 aliphatic heterocycles. The Hall–Kier alpha value is -4.64. The van der Waals surface area contributed by atoms with Crippen LogP contribution in [0.2, 0.25) is 0 Å². The zero-order chi connectivity index (χ0) is 22.6. The second-order valence-corrected chi connectivity index (χ2v) is 7.63. The van der Waals surface area contributed by atoms with Gasteiger partial charge in [-0.25, -0.2) is 4.79 Å². The number of benzene rings is 5. The Morgan fingerprint density at radius 1 is 0.455 bits per heavy atom. The number of hydrogen-bond donors (Lipinski definition) is 3. The molecule has 5 aromatic rings. The number of rotatable bonds is 4. The highest BCUT2D eigenvalue weighted by Crippen LogP contribution is 2.26. The van der Waals surface area contributed by atoms with Gasteiger partial charge in [0.25, 0.3) is 5.91 Å². The Kier molecular flexibility index (Phi) is 5.43. The van der Waals surface area contributed by atoms with Gasteiger partial charge >= 0.3 is 6.03 Å². The molecule has 160 valence electrons. The lowest BCUT2D eigenvalue weighted by Gasteiger charge is -2.14. The van der Waals surface area contributed by atoms with Crippen molar-refractivity contribution in [3.05, 3.63) is 115 Å². The summed E-state index contributed by atoms with van der Waals surface area (Å²) >= 11 is 0. The van der Waals surface area contributed by atoms with Gasteiger partial charge in [0.05, 0.1) is 16.9 Å². The fraction of sp³-hybridized carbons (Fsp3) is 0. The van der Waals surface area contributed by atoms with E-state index >= 15 is 0 Å². The smallest absolute Gasteiger partial charge is 0.321 e. The molecule has 33 heavy (non-hydrogen) atoms. The van der Waals surface area contributed by atoms with E-state index in [2.05, 4.69) is 16.0 Å². The van der Waals surface area contributed by atoms with Crippen LogP contribution in [0.4, 0.5) is 21.9 Å². The molecule has 3 N–H and O–H groups in total. The monoisotopic (exact) mass is 431 g/mol. The van der Waals surface area contributed by atoms with Crippen LogP contribution in [0.3, 0.4) is 0 Å². The molecule has 0 radical (unpaired) electrons. The van der Waals surface area contributed by atoms with Gasteiger partial charge in [-0.1, -0.05) is 84.9 Å². The molecular weight excluding hydrogens is 410 g/mol. The third-order valence-corrected chi connectivity index (χ3v) is 5.50. The fourth-order valence-electron chi connectivity index (χ4n) is 3.92. The summed E-state index contributed by atoms with van der Waals surface area (Å²) in [6.45, 7) is 0. The van der Waals surface area contributed by atoms with Gasteiger partial charge < -0.3 is 16.0 Å². The number of fused-ring (bicyclic) bond motifs is 2. The van der Waals surface area contributed by atoms with E-state index in [1.165, 1.54) is 0 Å². The van der Waals surface area contributed by atoms with E-state index in [-0.39, 0.29) is 5.91 Å². The standard InChI is InChI=1S/C28H21N3O2/c32-27(29-24-17-7-11-19-9-1-3-13-21(19)24)23-15-5-6-16-26(23)31-28(33)30-25-18-8-12-20-10-2-4-14-22(20)25/h1-18H,(H,29,32)(H2,30,31,33). The van der Waals surface area contributed by atoms with Crippen molar-refractivity contribution in [2.45, 2.75) is 0 Å². The number of anilines is 3. The molecule has 0 aliphatic rings. The summed E-state index contributed by atoms with van der Waals surface area (Å²) in [5, 5.41) is 12.7. The van der Waals surface area contributed by atoms with Gasteiger partial charge in [-0.15, -0.1) is 0 Å². The highest BCUT2D eigenvalue weighted by molar-refractivity contribution is 6.14. The second kappa shape index (κ2) is 8.85. The minimum atomic E-state index is -0.420. The Morgan fingerprint density at radius 2 is 0.909 bits per heavy atom. The van der Waals surface area contributed by atoms with E-state index in [4.69, 9.17) is 0 Å². The van der Waals surface area contributed by atoms with Gasteiger partial charge in [-0.05, 0) is 35.0 Å². The van der Waals surface area contributed by atoms with Crippen LogP contribution in [0, 0.1) is 0 Å². The third-order valence-electron chi connectivity index (χ3n) is 5.50. The molecule has 0 heterocycles. The molecule has 0 atom stereocenters. The molecule has 0 bridgehead atoms. The molecule has 5 aromatic carbocycles. The van der Waals surface area contributed by atoms with Crippen LogP contribution in [-0.2, 0) is 0 Å². The summed E-state index contributed by atoms with van der Waals surface area (Å²) in [7, 11) is 0. The summed E-state index contributed by atoms with van der Waals surface area (Å²) in [6, 6.07) is 33.7. The number of carbonyl (C=O) groups is 2. The normalized spacial score (nSPS) is 10.7. The maximum Gasteiger partial charge on any atom is 0.323 e. The molecule has 5 heteroatoms. The number of amides is 3. The molecule has 5 rings (SSSR count). The van der Waals surface area contributed by atoms with E-state index in [1.807, 2.05) is 84.9 Å². The Morgan fingerprint density at radius 3 is 1.58 bits per heavy atom. The predicted molar refractivity (Wildman–Crippen MR) is 135 cm³/mol. The van der Waals surface area contributed by atoms with Crippen LogP contribution in [0.1, 0.15) is 10.4 Å². The van der Waals surface area contributed by atoms with Crippen molar-refractivity contribution < 1.29 is 9.59 Å². The lowest BCUT2D eigenvalue weighted by molar-refractivity contribution is 0.102. The van der Waals surface area contributed by atoms with Crippen molar-refractivity contribution in [2.75, 3.05) is 16.0 Å².